The number of carboxylic acid groups (broad SMARTS) is 1. The minimum Gasteiger partial charge on any atom is -1.00 e. The van der Waals surface area contributed by atoms with Gasteiger partial charge >= 0.3 is 35.5 Å². The third-order valence-corrected chi connectivity index (χ3v) is 4.42. The molecule has 0 fully saturated rings. The molecule has 6 heteroatoms. The minimum absolute atomic E-state index is 0. The zero-order chi connectivity index (χ0) is 17.7. The van der Waals surface area contributed by atoms with Gasteiger partial charge in [-0.1, -0.05) is 71.1 Å². The van der Waals surface area contributed by atoms with Gasteiger partial charge in [0.05, 0.1) is 12.3 Å². The van der Waals surface area contributed by atoms with Crippen LogP contribution in [0.1, 0.15) is 92.8 Å². The van der Waals surface area contributed by atoms with Crippen molar-refractivity contribution in [3.63, 3.8) is 0 Å². The third-order valence-electron chi connectivity index (χ3n) is 4.42. The first-order valence-electron chi connectivity index (χ1n) is 9.43. The zero-order valence-corrected chi connectivity index (χ0v) is 18.5. The summed E-state index contributed by atoms with van der Waals surface area (Å²) in [5.74, 6) is -0.824. The molecule has 0 aliphatic carbocycles. The molecule has 0 bridgehead atoms. The summed E-state index contributed by atoms with van der Waals surface area (Å²) < 4.78 is 0. The van der Waals surface area contributed by atoms with Gasteiger partial charge in [0, 0.05) is 0 Å². The van der Waals surface area contributed by atoms with Crippen LogP contribution in [0.4, 0.5) is 0 Å². The zero-order valence-electron chi connectivity index (χ0n) is 17.5. The van der Waals surface area contributed by atoms with Crippen LogP contribution in [0.3, 0.4) is 0 Å². The van der Waals surface area contributed by atoms with Crippen LogP contribution in [0.5, 0.6) is 0 Å². The summed E-state index contributed by atoms with van der Waals surface area (Å²) in [6.07, 6.45) is 12.4. The predicted molar refractivity (Wildman–Crippen MR) is 98.1 cm³/mol. The first-order valence-corrected chi connectivity index (χ1v) is 9.43. The van der Waals surface area contributed by atoms with Gasteiger partial charge in [0.2, 0.25) is 0 Å². The van der Waals surface area contributed by atoms with Crippen LogP contribution in [0.15, 0.2) is 0 Å². The topological polar surface area (TPSA) is 92.6 Å². The van der Waals surface area contributed by atoms with Crippen molar-refractivity contribution in [2.24, 2.45) is 11.5 Å². The van der Waals surface area contributed by atoms with Crippen molar-refractivity contribution in [1.29, 1.82) is 0 Å². The fourth-order valence-corrected chi connectivity index (χ4v) is 3.16. The Morgan fingerprint density at radius 1 is 0.917 bits per heavy atom. The van der Waals surface area contributed by atoms with Gasteiger partial charge in [-0.25, -0.2) is 0 Å². The summed E-state index contributed by atoms with van der Waals surface area (Å²) in [6, 6.07) is -0.580. The third kappa shape index (κ3) is 12.7. The molecule has 5 N–H and O–H groups in total. The molecule has 0 aromatic carbocycles. The normalized spacial score (nSPS) is 14.9. The van der Waals surface area contributed by atoms with Gasteiger partial charge in [-0.15, -0.1) is 0 Å². The summed E-state index contributed by atoms with van der Waals surface area (Å²) in [7, 11) is 0. The van der Waals surface area contributed by atoms with Crippen molar-refractivity contribution in [3.05, 3.63) is 0 Å². The van der Waals surface area contributed by atoms with Crippen molar-refractivity contribution in [2.75, 3.05) is 0 Å². The molecule has 0 aliphatic rings. The van der Waals surface area contributed by atoms with E-state index < -0.39 is 12.0 Å². The number of hydrogen-bond donors (Lipinski definition) is 3. The standard InChI is InChI=1S/C18H39N3O2.Na.H/c1-4-5-6-7-8-9-10-11-12-13-14-17(18(22)23)21(15(2)19)16(3)20;;/h15-17H,4-14,19-20H2,1-3H3,(H,22,23);;/q;+1;-1. The Bertz CT molecular complexity index is 300. The number of nitrogens with zero attached hydrogens (tertiary/aromatic N) is 1. The maximum atomic E-state index is 11.5. The van der Waals surface area contributed by atoms with Gasteiger partial charge in [-0.2, -0.15) is 0 Å². The molecule has 0 saturated heterocycles. The molecule has 3 unspecified atom stereocenters. The molecule has 0 aromatic rings. The van der Waals surface area contributed by atoms with E-state index >= 15 is 0 Å². The van der Waals surface area contributed by atoms with Gasteiger partial charge < -0.3 is 18.0 Å². The average Bonchev–Trinajstić information content (AvgIpc) is 2.46. The Balaban J connectivity index is -0.00000242. The van der Waals surface area contributed by atoms with Gasteiger partial charge in [-0.05, 0) is 20.3 Å². The summed E-state index contributed by atoms with van der Waals surface area (Å²) in [5, 5.41) is 9.43. The maximum absolute atomic E-state index is 11.5. The van der Waals surface area contributed by atoms with Crippen LogP contribution in [0.25, 0.3) is 0 Å². The minimum atomic E-state index is -0.824. The van der Waals surface area contributed by atoms with E-state index in [9.17, 15) is 9.90 Å². The Morgan fingerprint density at radius 2 is 1.29 bits per heavy atom. The first-order chi connectivity index (χ1) is 10.9. The van der Waals surface area contributed by atoms with E-state index in [1.165, 1.54) is 51.4 Å². The molecule has 0 radical (unpaired) electrons. The molecule has 0 rings (SSSR count). The number of carboxylic acids is 1. The predicted octanol–water partition coefficient (Wildman–Crippen LogP) is 0.779. The van der Waals surface area contributed by atoms with Crippen molar-refractivity contribution in [1.82, 2.24) is 4.90 Å². The summed E-state index contributed by atoms with van der Waals surface area (Å²) >= 11 is 0. The second-order valence-electron chi connectivity index (χ2n) is 6.75. The van der Waals surface area contributed by atoms with E-state index in [-0.39, 0.29) is 43.3 Å². The summed E-state index contributed by atoms with van der Waals surface area (Å²) in [5.41, 5.74) is 11.8. The summed E-state index contributed by atoms with van der Waals surface area (Å²) in [6.45, 7) is 5.82. The fourth-order valence-electron chi connectivity index (χ4n) is 3.16. The second kappa shape index (κ2) is 16.8. The van der Waals surface area contributed by atoms with Crippen LogP contribution >= 0.6 is 0 Å². The maximum Gasteiger partial charge on any atom is 1.00 e. The number of aliphatic carboxylic acids is 1. The van der Waals surface area contributed by atoms with Crippen molar-refractivity contribution >= 4 is 5.97 Å². The van der Waals surface area contributed by atoms with Crippen LogP contribution in [0, 0.1) is 0 Å². The van der Waals surface area contributed by atoms with Crippen molar-refractivity contribution in [3.8, 4) is 0 Å². The number of rotatable bonds is 15. The van der Waals surface area contributed by atoms with E-state index in [4.69, 9.17) is 11.5 Å². The molecule has 0 spiro atoms. The number of unbranched alkanes of at least 4 members (excludes halogenated alkanes) is 9. The molecule has 0 heterocycles. The van der Waals surface area contributed by atoms with Crippen LogP contribution in [-0.4, -0.2) is 34.3 Å². The molecule has 5 nitrogen and oxygen atoms in total. The Morgan fingerprint density at radius 3 is 1.62 bits per heavy atom. The van der Waals surface area contributed by atoms with E-state index in [0.717, 1.165) is 12.8 Å². The smallest absolute Gasteiger partial charge is 1.00 e. The Labute approximate surface area is 172 Å². The molecule has 24 heavy (non-hydrogen) atoms. The fraction of sp³-hybridized carbons (Fsp3) is 0.944. The first kappa shape index (κ1) is 26.6. The summed E-state index contributed by atoms with van der Waals surface area (Å²) in [4.78, 5) is 13.2. The number of nitrogens with two attached hydrogens (primary N) is 2. The molecule has 0 amide bonds. The van der Waals surface area contributed by atoms with Crippen molar-refractivity contribution in [2.45, 2.75) is 110 Å². The molecular weight excluding hydrogens is 313 g/mol. The molecule has 0 aliphatic heterocycles. The van der Waals surface area contributed by atoms with E-state index in [1.807, 2.05) is 0 Å². The van der Waals surface area contributed by atoms with Crippen LogP contribution < -0.4 is 41.0 Å². The Kier molecular flexibility index (Phi) is 18.6. The second-order valence-corrected chi connectivity index (χ2v) is 6.75. The van der Waals surface area contributed by atoms with Crippen LogP contribution in [0.2, 0.25) is 0 Å². The Hall–Kier alpha value is 0.350. The van der Waals surface area contributed by atoms with Gasteiger partial charge in [0.1, 0.15) is 6.04 Å². The molecule has 3 atom stereocenters. The van der Waals surface area contributed by atoms with Crippen molar-refractivity contribution < 1.29 is 40.9 Å². The van der Waals surface area contributed by atoms with Gasteiger partial charge in [-0.3, -0.25) is 9.69 Å². The molecular formula is C18H40N3NaO2. The monoisotopic (exact) mass is 353 g/mol. The van der Waals surface area contributed by atoms with E-state index in [2.05, 4.69) is 6.92 Å². The SMILES string of the molecule is CCCCCCCCCCCCC(C(=O)O)N(C(C)N)C(C)N.[H-].[Na+]. The molecule has 0 aromatic heterocycles. The largest absolute Gasteiger partial charge is 1.00 e. The van der Waals surface area contributed by atoms with Gasteiger partial charge in [0.25, 0.3) is 0 Å². The number of hydrogen-bond acceptors (Lipinski definition) is 4. The van der Waals surface area contributed by atoms with E-state index in [1.54, 1.807) is 18.7 Å². The quantitative estimate of drug-likeness (QED) is 0.230. The van der Waals surface area contributed by atoms with Crippen LogP contribution in [-0.2, 0) is 4.79 Å². The number of carbonyl (C=O) groups is 1. The average molecular weight is 354 g/mol. The van der Waals surface area contributed by atoms with E-state index in [0.29, 0.717) is 6.42 Å². The van der Waals surface area contributed by atoms with Gasteiger partial charge in [0.15, 0.2) is 0 Å². The molecule has 140 valence electrons. The molecule has 0 saturated carbocycles.